The van der Waals surface area contributed by atoms with E-state index in [0.717, 1.165) is 56.9 Å². The summed E-state index contributed by atoms with van der Waals surface area (Å²) in [5.41, 5.74) is 8.13. The number of nitrogens with one attached hydrogen (secondary N) is 1. The zero-order valence-corrected chi connectivity index (χ0v) is 17.7. The summed E-state index contributed by atoms with van der Waals surface area (Å²) in [6.45, 7) is 6.52. The highest BCUT2D eigenvalue weighted by atomic mass is 16.5. The third-order valence-electron chi connectivity index (χ3n) is 4.96. The van der Waals surface area contributed by atoms with Crippen molar-refractivity contribution in [3.8, 4) is 11.5 Å². The first kappa shape index (κ1) is 21.9. The minimum absolute atomic E-state index is 0.459. The number of nitrogens with zero attached hydrogens (tertiary/aromatic N) is 2. The third kappa shape index (κ3) is 7.24. The summed E-state index contributed by atoms with van der Waals surface area (Å²) >= 11 is 0. The van der Waals surface area contributed by atoms with Crippen molar-refractivity contribution in [2.24, 2.45) is 10.7 Å². The molecule has 162 valence electrons. The number of rotatable bonds is 10. The summed E-state index contributed by atoms with van der Waals surface area (Å²) in [6.07, 6.45) is 1.03. The van der Waals surface area contributed by atoms with E-state index in [0.29, 0.717) is 30.6 Å². The van der Waals surface area contributed by atoms with Crippen molar-refractivity contribution in [2.45, 2.75) is 19.6 Å². The lowest BCUT2D eigenvalue weighted by atomic mass is 10.2. The quantitative estimate of drug-likeness (QED) is 0.354. The van der Waals surface area contributed by atoms with E-state index in [4.69, 9.17) is 19.9 Å². The first-order chi connectivity index (χ1) is 14.7. The first-order valence-corrected chi connectivity index (χ1v) is 10.4. The average molecular weight is 413 g/mol. The van der Waals surface area contributed by atoms with Gasteiger partial charge in [-0.2, -0.15) is 0 Å². The van der Waals surface area contributed by atoms with Crippen LogP contribution < -0.4 is 20.5 Å². The Morgan fingerprint density at radius 1 is 1.10 bits per heavy atom. The lowest BCUT2D eigenvalue weighted by Crippen LogP contribution is -2.39. The highest BCUT2D eigenvalue weighted by Crippen LogP contribution is 2.29. The van der Waals surface area contributed by atoms with E-state index in [1.165, 1.54) is 0 Å². The van der Waals surface area contributed by atoms with Crippen LogP contribution in [0.4, 0.5) is 0 Å². The Morgan fingerprint density at radius 3 is 2.67 bits per heavy atom. The molecule has 2 aromatic carbocycles. The molecule has 30 heavy (non-hydrogen) atoms. The number of nitrogens with two attached hydrogens (primary N) is 1. The summed E-state index contributed by atoms with van der Waals surface area (Å²) in [5, 5.41) is 3.18. The van der Waals surface area contributed by atoms with Gasteiger partial charge in [-0.1, -0.05) is 36.4 Å². The van der Waals surface area contributed by atoms with Crippen LogP contribution in [0.3, 0.4) is 0 Å². The van der Waals surface area contributed by atoms with Gasteiger partial charge in [0.15, 0.2) is 17.5 Å². The lowest BCUT2D eigenvalue weighted by Gasteiger charge is -2.26. The first-order valence-electron chi connectivity index (χ1n) is 10.4. The predicted octanol–water partition coefficient (Wildman–Crippen LogP) is 2.40. The number of ether oxygens (including phenoxy) is 3. The Labute approximate surface area is 178 Å². The molecule has 1 fully saturated rings. The maximum absolute atomic E-state index is 6.00. The zero-order chi connectivity index (χ0) is 21.0. The molecule has 0 atom stereocenters. The zero-order valence-electron chi connectivity index (χ0n) is 17.7. The number of guanidine groups is 1. The van der Waals surface area contributed by atoms with Gasteiger partial charge in [0.1, 0.15) is 6.61 Å². The van der Waals surface area contributed by atoms with Crippen LogP contribution in [0, 0.1) is 0 Å². The Hall–Kier alpha value is -2.77. The van der Waals surface area contributed by atoms with Crippen molar-refractivity contribution < 1.29 is 14.2 Å². The van der Waals surface area contributed by atoms with Gasteiger partial charge in [0.05, 0.1) is 26.9 Å². The van der Waals surface area contributed by atoms with Crippen LogP contribution >= 0.6 is 0 Å². The van der Waals surface area contributed by atoms with Crippen LogP contribution in [0.1, 0.15) is 17.5 Å². The fourth-order valence-electron chi connectivity index (χ4n) is 3.24. The molecule has 3 rings (SSSR count). The van der Waals surface area contributed by atoms with Crippen LogP contribution in [-0.4, -0.2) is 57.4 Å². The number of morpholine rings is 1. The van der Waals surface area contributed by atoms with Gasteiger partial charge in [0.2, 0.25) is 0 Å². The van der Waals surface area contributed by atoms with E-state index in [9.17, 15) is 0 Å². The smallest absolute Gasteiger partial charge is 0.188 e. The molecule has 0 aromatic heterocycles. The van der Waals surface area contributed by atoms with Crippen molar-refractivity contribution in [3.63, 3.8) is 0 Å². The van der Waals surface area contributed by atoms with E-state index < -0.39 is 0 Å². The molecule has 0 bridgehead atoms. The number of hydrogen-bond donors (Lipinski definition) is 2. The van der Waals surface area contributed by atoms with Gasteiger partial charge < -0.3 is 25.3 Å². The second-order valence-electron chi connectivity index (χ2n) is 7.20. The second kappa shape index (κ2) is 12.0. The summed E-state index contributed by atoms with van der Waals surface area (Å²) in [5.74, 6) is 1.86. The summed E-state index contributed by atoms with van der Waals surface area (Å²) in [6, 6.07) is 15.9. The Balaban J connectivity index is 1.43. The fourth-order valence-corrected chi connectivity index (χ4v) is 3.24. The van der Waals surface area contributed by atoms with Crippen molar-refractivity contribution in [1.82, 2.24) is 10.2 Å². The van der Waals surface area contributed by atoms with E-state index >= 15 is 0 Å². The lowest BCUT2D eigenvalue weighted by molar-refractivity contribution is 0.0376. The third-order valence-corrected chi connectivity index (χ3v) is 4.96. The van der Waals surface area contributed by atoms with Gasteiger partial charge in [-0.05, 0) is 36.2 Å². The SMILES string of the molecule is COc1cc(CN=C(N)NCCCN2CCOCC2)ccc1OCc1ccccc1. The second-order valence-corrected chi connectivity index (χ2v) is 7.20. The molecule has 1 aliphatic heterocycles. The van der Waals surface area contributed by atoms with E-state index in [-0.39, 0.29) is 0 Å². The molecule has 0 aliphatic carbocycles. The predicted molar refractivity (Wildman–Crippen MR) is 119 cm³/mol. The monoisotopic (exact) mass is 412 g/mol. The Morgan fingerprint density at radius 2 is 1.90 bits per heavy atom. The number of benzene rings is 2. The van der Waals surface area contributed by atoms with Crippen LogP contribution in [0.25, 0.3) is 0 Å². The van der Waals surface area contributed by atoms with Crippen LogP contribution in [0.2, 0.25) is 0 Å². The highest BCUT2D eigenvalue weighted by molar-refractivity contribution is 5.77. The fraction of sp³-hybridized carbons (Fsp3) is 0.435. The standard InChI is InChI=1S/C23H32N4O3/c1-28-22-16-20(8-9-21(22)30-18-19-6-3-2-4-7-19)17-26-23(24)25-10-5-11-27-12-14-29-15-13-27/h2-4,6-9,16H,5,10-15,17-18H2,1H3,(H3,24,25,26). The Bertz CT molecular complexity index is 792. The van der Waals surface area contributed by atoms with Gasteiger partial charge in [0, 0.05) is 19.6 Å². The summed E-state index contributed by atoms with van der Waals surface area (Å²) in [4.78, 5) is 6.84. The van der Waals surface area contributed by atoms with E-state index in [1.54, 1.807) is 7.11 Å². The molecular weight excluding hydrogens is 380 g/mol. The molecule has 1 heterocycles. The molecule has 7 heteroatoms. The molecule has 0 spiro atoms. The minimum atomic E-state index is 0.459. The van der Waals surface area contributed by atoms with Gasteiger partial charge in [-0.25, -0.2) is 4.99 Å². The van der Waals surface area contributed by atoms with Crippen LogP contribution in [0.15, 0.2) is 53.5 Å². The van der Waals surface area contributed by atoms with Crippen LogP contribution in [0.5, 0.6) is 11.5 Å². The molecule has 0 unspecified atom stereocenters. The molecule has 0 radical (unpaired) electrons. The number of methoxy groups -OCH3 is 1. The topological polar surface area (TPSA) is 81.3 Å². The normalized spacial score (nSPS) is 15.0. The molecular formula is C23H32N4O3. The Kier molecular flexibility index (Phi) is 8.80. The van der Waals surface area contributed by atoms with Crippen molar-refractivity contribution in [3.05, 3.63) is 59.7 Å². The van der Waals surface area contributed by atoms with Gasteiger partial charge in [-0.15, -0.1) is 0 Å². The number of aliphatic imine (C=N–C) groups is 1. The number of hydrogen-bond acceptors (Lipinski definition) is 5. The van der Waals surface area contributed by atoms with Crippen molar-refractivity contribution in [1.29, 1.82) is 0 Å². The molecule has 1 saturated heterocycles. The molecule has 3 N–H and O–H groups in total. The molecule has 0 saturated carbocycles. The average Bonchev–Trinajstić information content (AvgIpc) is 2.80. The van der Waals surface area contributed by atoms with Crippen molar-refractivity contribution >= 4 is 5.96 Å². The minimum Gasteiger partial charge on any atom is -0.493 e. The summed E-state index contributed by atoms with van der Waals surface area (Å²) < 4.78 is 16.7. The summed E-state index contributed by atoms with van der Waals surface area (Å²) in [7, 11) is 1.64. The molecule has 0 amide bonds. The van der Waals surface area contributed by atoms with E-state index in [2.05, 4.69) is 15.2 Å². The largest absolute Gasteiger partial charge is 0.493 e. The molecule has 2 aromatic rings. The highest BCUT2D eigenvalue weighted by Gasteiger charge is 2.09. The molecule has 1 aliphatic rings. The van der Waals surface area contributed by atoms with E-state index in [1.807, 2.05) is 48.5 Å². The van der Waals surface area contributed by atoms with Crippen molar-refractivity contribution in [2.75, 3.05) is 46.5 Å². The molecule has 7 nitrogen and oxygen atoms in total. The van der Waals surface area contributed by atoms with Gasteiger partial charge in [-0.3, -0.25) is 4.90 Å². The van der Waals surface area contributed by atoms with Gasteiger partial charge in [0.25, 0.3) is 0 Å². The maximum Gasteiger partial charge on any atom is 0.188 e. The van der Waals surface area contributed by atoms with Gasteiger partial charge >= 0.3 is 0 Å². The maximum atomic E-state index is 6.00. The van der Waals surface area contributed by atoms with Crippen LogP contribution in [-0.2, 0) is 17.9 Å².